The number of benzene rings is 5. The van der Waals surface area contributed by atoms with Gasteiger partial charge in [0.2, 0.25) is 0 Å². The van der Waals surface area contributed by atoms with Crippen LogP contribution in [0.25, 0.3) is 62.2 Å². The van der Waals surface area contributed by atoms with Crippen molar-refractivity contribution in [2.75, 3.05) is 4.90 Å². The summed E-state index contributed by atoms with van der Waals surface area (Å²) in [5.74, 6) is 0. The maximum absolute atomic E-state index is 4.58. The Balaban J connectivity index is 1.31. The first-order valence-electron chi connectivity index (χ1n) is 15.5. The number of aromatic nitrogens is 3. The molecule has 0 spiro atoms. The molecule has 0 fully saturated rings. The van der Waals surface area contributed by atoms with Crippen LogP contribution in [0.1, 0.15) is 11.1 Å². The average Bonchev–Trinajstić information content (AvgIpc) is 3.37. The maximum atomic E-state index is 4.58. The molecule has 0 saturated heterocycles. The van der Waals surface area contributed by atoms with Crippen molar-refractivity contribution >= 4 is 51.0 Å². The van der Waals surface area contributed by atoms with Crippen LogP contribution in [0.2, 0.25) is 0 Å². The summed E-state index contributed by atoms with van der Waals surface area (Å²) in [4.78, 5) is 11.6. The van der Waals surface area contributed by atoms with Crippen LogP contribution in [0.4, 0.5) is 17.1 Å². The van der Waals surface area contributed by atoms with E-state index in [0.717, 1.165) is 50.8 Å². The van der Waals surface area contributed by atoms with Gasteiger partial charge >= 0.3 is 0 Å². The third-order valence-corrected chi connectivity index (χ3v) is 8.86. The minimum Gasteiger partial charge on any atom is -0.307 e. The predicted octanol–water partition coefficient (Wildman–Crippen LogP) is 10.9. The Bertz CT molecular complexity index is 2390. The van der Waals surface area contributed by atoms with Crippen molar-refractivity contribution in [1.29, 1.82) is 0 Å². The van der Waals surface area contributed by atoms with E-state index in [4.69, 9.17) is 0 Å². The second-order valence-corrected chi connectivity index (χ2v) is 11.5. The lowest BCUT2D eigenvalue weighted by molar-refractivity contribution is 1.16. The van der Waals surface area contributed by atoms with Gasteiger partial charge in [0.15, 0.2) is 0 Å². The number of anilines is 3. The summed E-state index contributed by atoms with van der Waals surface area (Å²) in [5, 5.41) is 2.44. The highest BCUT2D eigenvalue weighted by molar-refractivity contribution is 6.16. The second kappa shape index (κ2) is 10.7. The van der Waals surface area contributed by atoms with Crippen molar-refractivity contribution in [3.05, 3.63) is 169 Å². The molecule has 1 aliphatic rings. The van der Waals surface area contributed by atoms with Gasteiger partial charge in [-0.15, -0.1) is 0 Å². The van der Waals surface area contributed by atoms with Crippen LogP contribution in [0.15, 0.2) is 158 Å². The number of para-hydroxylation sites is 2. The second-order valence-electron chi connectivity index (χ2n) is 11.5. The summed E-state index contributed by atoms with van der Waals surface area (Å²) in [6.07, 6.45) is 8.17. The molecule has 0 unspecified atom stereocenters. The molecule has 0 aliphatic carbocycles. The molecule has 4 heterocycles. The van der Waals surface area contributed by atoms with Crippen molar-refractivity contribution in [3.8, 4) is 28.2 Å². The Hall–Kier alpha value is -6.26. The van der Waals surface area contributed by atoms with E-state index in [1.807, 2.05) is 36.7 Å². The van der Waals surface area contributed by atoms with E-state index in [1.54, 1.807) is 0 Å². The minimum absolute atomic E-state index is 0.962. The van der Waals surface area contributed by atoms with E-state index in [9.17, 15) is 0 Å². The lowest BCUT2D eigenvalue weighted by atomic mass is 10.0. The van der Waals surface area contributed by atoms with Gasteiger partial charge in [-0.25, -0.2) is 0 Å². The zero-order chi connectivity index (χ0) is 30.5. The molecule has 216 valence electrons. The number of hydrogen-bond donors (Lipinski definition) is 0. The number of fused-ring (bicyclic) bond motifs is 6. The lowest BCUT2D eigenvalue weighted by Crippen LogP contribution is -2.13. The van der Waals surface area contributed by atoms with E-state index < -0.39 is 0 Å². The summed E-state index contributed by atoms with van der Waals surface area (Å²) >= 11 is 0. The van der Waals surface area contributed by atoms with Crippen molar-refractivity contribution in [2.24, 2.45) is 0 Å². The zero-order valence-electron chi connectivity index (χ0n) is 25.0. The van der Waals surface area contributed by atoms with Crippen LogP contribution in [0, 0.1) is 0 Å². The zero-order valence-corrected chi connectivity index (χ0v) is 25.0. The molecular formula is C42H28N4. The fraction of sp³-hybridized carbons (Fsp3) is 0. The molecule has 8 aromatic rings. The molecule has 0 radical (unpaired) electrons. The quantitative estimate of drug-likeness (QED) is 0.205. The third kappa shape index (κ3) is 4.23. The summed E-state index contributed by atoms with van der Waals surface area (Å²) in [6, 6.07) is 51.5. The first-order valence-corrected chi connectivity index (χ1v) is 15.5. The van der Waals surface area contributed by atoms with Crippen LogP contribution < -0.4 is 4.90 Å². The highest BCUT2D eigenvalue weighted by atomic mass is 15.2. The van der Waals surface area contributed by atoms with Gasteiger partial charge in [-0.3, -0.25) is 9.97 Å². The Kier molecular flexibility index (Phi) is 6.10. The molecule has 0 atom stereocenters. The first kappa shape index (κ1) is 26.2. The van der Waals surface area contributed by atoms with Gasteiger partial charge < -0.3 is 9.47 Å². The molecule has 4 nitrogen and oxygen atoms in total. The first-order chi connectivity index (χ1) is 22.8. The van der Waals surface area contributed by atoms with Gasteiger partial charge in [-0.05, 0) is 66.2 Å². The summed E-state index contributed by atoms with van der Waals surface area (Å²) in [5.41, 5.74) is 13.3. The molecule has 0 amide bonds. The van der Waals surface area contributed by atoms with E-state index in [1.165, 1.54) is 27.4 Å². The van der Waals surface area contributed by atoms with Crippen LogP contribution in [0.3, 0.4) is 0 Å². The molecule has 0 bridgehead atoms. The molecule has 0 saturated carbocycles. The van der Waals surface area contributed by atoms with Gasteiger partial charge in [-0.2, -0.15) is 0 Å². The summed E-state index contributed by atoms with van der Waals surface area (Å²) < 4.78 is 2.42. The average molecular weight is 589 g/mol. The Labute approximate surface area is 267 Å². The van der Waals surface area contributed by atoms with Gasteiger partial charge in [0.05, 0.1) is 33.8 Å². The standard InChI is InChI=1S/C42H28N4/c1-3-13-39-31(9-1)15-16-32-21-26-36-35-10-2-4-14-40(35)46(34-24-19-30(20-25-34)38-12-6-8-28-44-38)42(36)41(32)45(39)33-22-17-29(18-23-33)37-11-5-7-27-43-37/h1-28H. The monoisotopic (exact) mass is 588 g/mol. The van der Waals surface area contributed by atoms with Gasteiger partial charge in [-0.1, -0.05) is 97.1 Å². The largest absolute Gasteiger partial charge is 0.307 e. The molecule has 0 N–H and O–H groups in total. The van der Waals surface area contributed by atoms with Gasteiger partial charge in [0.25, 0.3) is 0 Å². The number of hydrogen-bond acceptors (Lipinski definition) is 3. The smallest absolute Gasteiger partial charge is 0.0788 e. The topological polar surface area (TPSA) is 34.0 Å². The van der Waals surface area contributed by atoms with Crippen LogP contribution >= 0.6 is 0 Å². The van der Waals surface area contributed by atoms with E-state index in [2.05, 4.69) is 153 Å². The van der Waals surface area contributed by atoms with Crippen molar-refractivity contribution in [1.82, 2.24) is 14.5 Å². The number of rotatable bonds is 4. The van der Waals surface area contributed by atoms with Crippen LogP contribution in [0.5, 0.6) is 0 Å². The van der Waals surface area contributed by atoms with E-state index in [-0.39, 0.29) is 0 Å². The van der Waals surface area contributed by atoms with E-state index >= 15 is 0 Å². The molecule has 5 aromatic carbocycles. The van der Waals surface area contributed by atoms with Crippen molar-refractivity contribution in [3.63, 3.8) is 0 Å². The highest BCUT2D eigenvalue weighted by Crippen LogP contribution is 2.48. The SMILES string of the molecule is C1=Cc2ccc3c4ccccc4n(-c4ccc(-c5ccccn5)cc4)c3c2N(c2ccc(-c3ccccn3)cc2)c2ccccc21. The van der Waals surface area contributed by atoms with Crippen LogP contribution in [-0.4, -0.2) is 14.5 Å². The Morgan fingerprint density at radius 3 is 1.74 bits per heavy atom. The predicted molar refractivity (Wildman–Crippen MR) is 191 cm³/mol. The van der Waals surface area contributed by atoms with Crippen molar-refractivity contribution in [2.45, 2.75) is 0 Å². The van der Waals surface area contributed by atoms with Gasteiger partial charge in [0, 0.05) is 51.2 Å². The lowest BCUT2D eigenvalue weighted by Gasteiger charge is -2.29. The molecular weight excluding hydrogens is 560 g/mol. The highest BCUT2D eigenvalue weighted by Gasteiger charge is 2.26. The molecule has 1 aliphatic heterocycles. The Morgan fingerprint density at radius 2 is 1.04 bits per heavy atom. The van der Waals surface area contributed by atoms with Gasteiger partial charge in [0.1, 0.15) is 0 Å². The maximum Gasteiger partial charge on any atom is 0.0788 e. The minimum atomic E-state index is 0.962. The fourth-order valence-electron chi connectivity index (χ4n) is 6.72. The number of pyridine rings is 2. The molecule has 3 aromatic heterocycles. The molecule has 9 rings (SSSR count). The van der Waals surface area contributed by atoms with E-state index in [0.29, 0.717) is 0 Å². The Morgan fingerprint density at radius 1 is 0.435 bits per heavy atom. The fourth-order valence-corrected chi connectivity index (χ4v) is 6.72. The summed E-state index contributed by atoms with van der Waals surface area (Å²) in [6.45, 7) is 0. The van der Waals surface area contributed by atoms with Crippen LogP contribution in [-0.2, 0) is 0 Å². The number of nitrogens with zero attached hydrogens (tertiary/aromatic N) is 4. The van der Waals surface area contributed by atoms with Crippen molar-refractivity contribution < 1.29 is 0 Å². The molecule has 4 heteroatoms. The third-order valence-electron chi connectivity index (χ3n) is 8.86. The normalized spacial score (nSPS) is 12.2. The summed E-state index contributed by atoms with van der Waals surface area (Å²) in [7, 11) is 0. The molecule has 46 heavy (non-hydrogen) atoms.